The van der Waals surface area contributed by atoms with Crippen molar-refractivity contribution in [2.24, 2.45) is 0 Å². The number of fused-ring (bicyclic) bond motifs is 2. The molecule has 1 aliphatic carbocycles. The van der Waals surface area contributed by atoms with Gasteiger partial charge in [-0.2, -0.15) is 0 Å². The molecule has 144 valence electrons. The minimum atomic E-state index is -0.975. The van der Waals surface area contributed by atoms with E-state index in [-0.39, 0.29) is 6.79 Å². The number of hydrogen-bond donors (Lipinski definition) is 1. The summed E-state index contributed by atoms with van der Waals surface area (Å²) >= 11 is 0. The lowest BCUT2D eigenvalue weighted by molar-refractivity contribution is -0.132. The third-order valence-electron chi connectivity index (χ3n) is 5.28. The lowest BCUT2D eigenvalue weighted by Gasteiger charge is -2.15. The van der Waals surface area contributed by atoms with Crippen molar-refractivity contribution in [3.8, 4) is 17.2 Å². The summed E-state index contributed by atoms with van der Waals surface area (Å²) in [5.74, 6) is 0.557. The van der Waals surface area contributed by atoms with Gasteiger partial charge in [0, 0.05) is 17.7 Å². The van der Waals surface area contributed by atoms with Crippen LogP contribution in [0.15, 0.2) is 66.4 Å². The molecule has 2 aliphatic rings. The maximum Gasteiger partial charge on any atom is 0.333 e. The summed E-state index contributed by atoms with van der Waals surface area (Å²) in [7, 11) is 1.60. The molecule has 1 atom stereocenters. The molecule has 29 heavy (non-hydrogen) atoms. The van der Waals surface area contributed by atoms with Gasteiger partial charge in [0.15, 0.2) is 11.5 Å². The van der Waals surface area contributed by atoms with Gasteiger partial charge in [0.25, 0.3) is 0 Å². The first kappa shape index (κ1) is 17.3. The molecule has 6 heteroatoms. The van der Waals surface area contributed by atoms with Gasteiger partial charge in [-0.25, -0.2) is 4.79 Å². The zero-order valence-electron chi connectivity index (χ0n) is 15.6. The second-order valence-corrected chi connectivity index (χ2v) is 6.81. The standard InChI is InChI=1S/C23H17NO5/c1-27-15-7-4-13(5-8-15)20-21(23(25)26)19(16-3-2-10-24-22(16)20)14-6-9-17-18(11-14)29-12-28-17/h2-11,19H,12H2,1H3,(H,25,26)/t19-/m0/s1. The van der Waals surface area contributed by atoms with Gasteiger partial charge in [-0.1, -0.05) is 24.3 Å². The van der Waals surface area contributed by atoms with Crippen molar-refractivity contribution in [1.29, 1.82) is 0 Å². The zero-order chi connectivity index (χ0) is 20.0. The Morgan fingerprint density at radius 3 is 2.66 bits per heavy atom. The highest BCUT2D eigenvalue weighted by molar-refractivity contribution is 6.06. The zero-order valence-corrected chi connectivity index (χ0v) is 15.6. The monoisotopic (exact) mass is 387 g/mol. The van der Waals surface area contributed by atoms with E-state index in [4.69, 9.17) is 14.2 Å². The fourth-order valence-electron chi connectivity index (χ4n) is 4.01. The van der Waals surface area contributed by atoms with Crippen LogP contribution in [0, 0.1) is 0 Å². The predicted octanol–water partition coefficient (Wildman–Crippen LogP) is 3.85. The van der Waals surface area contributed by atoms with Crippen molar-refractivity contribution in [3.05, 3.63) is 88.8 Å². The normalized spacial score (nSPS) is 16.7. The number of pyridine rings is 1. The van der Waals surface area contributed by atoms with Crippen molar-refractivity contribution in [2.45, 2.75) is 5.92 Å². The summed E-state index contributed by atoms with van der Waals surface area (Å²) in [6, 6.07) is 16.7. The Kier molecular flexibility index (Phi) is 3.98. The Labute approximate surface area is 167 Å². The molecule has 2 aromatic carbocycles. The highest BCUT2D eigenvalue weighted by Gasteiger charge is 2.38. The highest BCUT2D eigenvalue weighted by atomic mass is 16.7. The van der Waals surface area contributed by atoms with Crippen LogP contribution in [0.3, 0.4) is 0 Å². The average Bonchev–Trinajstić information content (AvgIpc) is 3.35. The molecule has 6 nitrogen and oxygen atoms in total. The van der Waals surface area contributed by atoms with E-state index in [1.54, 1.807) is 13.3 Å². The summed E-state index contributed by atoms with van der Waals surface area (Å²) in [5.41, 5.74) is 4.06. The molecular weight excluding hydrogens is 370 g/mol. The van der Waals surface area contributed by atoms with Crippen LogP contribution in [-0.4, -0.2) is 30.0 Å². The SMILES string of the molecule is COc1ccc(C2=C(C(=O)O)[C@@H](c3ccc4c(c3)OCO4)c3cccnc32)cc1. The molecule has 0 saturated carbocycles. The molecule has 1 aliphatic heterocycles. The molecule has 1 aromatic heterocycles. The van der Waals surface area contributed by atoms with Gasteiger partial charge in [-0.05, 0) is 47.0 Å². The maximum absolute atomic E-state index is 12.4. The molecular formula is C23H17NO5. The number of aliphatic carboxylic acids is 1. The number of carboxylic acid groups (broad SMARTS) is 1. The van der Waals surface area contributed by atoms with Gasteiger partial charge in [-0.3, -0.25) is 4.98 Å². The van der Waals surface area contributed by atoms with Gasteiger partial charge in [0.05, 0.1) is 18.4 Å². The molecule has 2 heterocycles. The lowest BCUT2D eigenvalue weighted by atomic mass is 9.88. The Balaban J connectivity index is 1.73. The minimum absolute atomic E-state index is 0.167. The molecule has 0 radical (unpaired) electrons. The van der Waals surface area contributed by atoms with E-state index in [0.717, 1.165) is 16.7 Å². The third-order valence-corrected chi connectivity index (χ3v) is 5.28. The van der Waals surface area contributed by atoms with Crippen molar-refractivity contribution in [3.63, 3.8) is 0 Å². The average molecular weight is 387 g/mol. The van der Waals surface area contributed by atoms with Crippen LogP contribution in [0.5, 0.6) is 17.2 Å². The molecule has 0 unspecified atom stereocenters. The molecule has 1 N–H and O–H groups in total. The number of carbonyl (C=O) groups is 1. The number of nitrogens with zero attached hydrogens (tertiary/aromatic N) is 1. The van der Waals surface area contributed by atoms with Crippen LogP contribution in [0.1, 0.15) is 28.3 Å². The number of hydrogen-bond acceptors (Lipinski definition) is 5. The number of rotatable bonds is 4. The van der Waals surface area contributed by atoms with Gasteiger partial charge in [0.1, 0.15) is 5.75 Å². The van der Waals surface area contributed by atoms with Crippen molar-refractivity contribution in [2.75, 3.05) is 13.9 Å². The van der Waals surface area contributed by atoms with Gasteiger partial charge in [0.2, 0.25) is 6.79 Å². The van der Waals surface area contributed by atoms with E-state index < -0.39 is 11.9 Å². The Morgan fingerprint density at radius 1 is 1.10 bits per heavy atom. The number of aromatic nitrogens is 1. The van der Waals surface area contributed by atoms with E-state index in [1.807, 2.05) is 54.6 Å². The molecule has 0 amide bonds. The van der Waals surface area contributed by atoms with Crippen molar-refractivity contribution >= 4 is 11.5 Å². The van der Waals surface area contributed by atoms with Crippen LogP contribution in [-0.2, 0) is 4.79 Å². The first-order chi connectivity index (χ1) is 14.2. The summed E-state index contributed by atoms with van der Waals surface area (Å²) in [5, 5.41) is 10.2. The largest absolute Gasteiger partial charge is 0.497 e. The van der Waals surface area contributed by atoms with Gasteiger partial charge < -0.3 is 19.3 Å². The van der Waals surface area contributed by atoms with E-state index >= 15 is 0 Å². The quantitative estimate of drug-likeness (QED) is 0.733. The summed E-state index contributed by atoms with van der Waals surface area (Å²) in [6.07, 6.45) is 1.68. The summed E-state index contributed by atoms with van der Waals surface area (Å²) in [6.45, 7) is 0.167. The predicted molar refractivity (Wildman–Crippen MR) is 105 cm³/mol. The number of ether oxygens (including phenoxy) is 3. The molecule has 0 saturated heterocycles. The topological polar surface area (TPSA) is 77.9 Å². The maximum atomic E-state index is 12.4. The van der Waals surface area contributed by atoms with Crippen LogP contribution in [0.4, 0.5) is 0 Å². The fourth-order valence-corrected chi connectivity index (χ4v) is 4.01. The number of methoxy groups -OCH3 is 1. The van der Waals surface area contributed by atoms with Crippen LogP contribution in [0.2, 0.25) is 0 Å². The number of benzene rings is 2. The Morgan fingerprint density at radius 2 is 1.90 bits per heavy atom. The smallest absolute Gasteiger partial charge is 0.333 e. The van der Waals surface area contributed by atoms with E-state index in [0.29, 0.717) is 34.1 Å². The highest BCUT2D eigenvalue weighted by Crippen LogP contribution is 2.49. The summed E-state index contributed by atoms with van der Waals surface area (Å²) < 4.78 is 16.1. The van der Waals surface area contributed by atoms with Crippen molar-refractivity contribution in [1.82, 2.24) is 4.98 Å². The first-order valence-electron chi connectivity index (χ1n) is 9.14. The lowest BCUT2D eigenvalue weighted by Crippen LogP contribution is -2.10. The van der Waals surface area contributed by atoms with Crippen LogP contribution in [0.25, 0.3) is 5.57 Å². The summed E-state index contributed by atoms with van der Waals surface area (Å²) in [4.78, 5) is 17.0. The Hall–Kier alpha value is -3.80. The fraction of sp³-hybridized carbons (Fsp3) is 0.130. The van der Waals surface area contributed by atoms with Crippen LogP contribution >= 0.6 is 0 Å². The second-order valence-electron chi connectivity index (χ2n) is 6.81. The molecule has 5 rings (SSSR count). The molecule has 0 bridgehead atoms. The molecule has 0 spiro atoms. The first-order valence-corrected chi connectivity index (χ1v) is 9.14. The number of carboxylic acids is 1. The van der Waals surface area contributed by atoms with Gasteiger partial charge in [-0.15, -0.1) is 0 Å². The minimum Gasteiger partial charge on any atom is -0.497 e. The van der Waals surface area contributed by atoms with Crippen molar-refractivity contribution < 1.29 is 24.1 Å². The van der Waals surface area contributed by atoms with Crippen LogP contribution < -0.4 is 14.2 Å². The Bertz CT molecular complexity index is 1150. The van der Waals surface area contributed by atoms with E-state index in [9.17, 15) is 9.90 Å². The van der Waals surface area contributed by atoms with E-state index in [2.05, 4.69) is 4.98 Å². The van der Waals surface area contributed by atoms with E-state index in [1.165, 1.54) is 0 Å². The second kappa shape index (κ2) is 6.67. The van der Waals surface area contributed by atoms with Gasteiger partial charge >= 0.3 is 5.97 Å². The molecule has 3 aromatic rings. The third kappa shape index (κ3) is 2.72. The molecule has 0 fully saturated rings.